The van der Waals surface area contributed by atoms with Gasteiger partial charge in [-0.25, -0.2) is 0 Å². The smallest absolute Gasteiger partial charge is 0.318 e. The van der Waals surface area contributed by atoms with Gasteiger partial charge < -0.3 is 14.8 Å². The van der Waals surface area contributed by atoms with Crippen molar-refractivity contribution < 1.29 is 19.3 Å². The van der Waals surface area contributed by atoms with E-state index in [2.05, 4.69) is 21.2 Å². The molecule has 0 atom stereocenters. The van der Waals surface area contributed by atoms with Gasteiger partial charge in [0, 0.05) is 11.8 Å². The van der Waals surface area contributed by atoms with Crippen LogP contribution in [0.4, 0.5) is 22.7 Å². The van der Waals surface area contributed by atoms with E-state index in [-0.39, 0.29) is 11.4 Å². The third kappa shape index (κ3) is 4.75. The number of methoxy groups -OCH3 is 1. The lowest BCUT2D eigenvalue weighted by Gasteiger charge is -2.14. The molecule has 0 aromatic heterocycles. The molecule has 0 unspecified atom stereocenters. The van der Waals surface area contributed by atoms with Crippen LogP contribution in [0.1, 0.15) is 11.1 Å². The van der Waals surface area contributed by atoms with Crippen molar-refractivity contribution in [3.05, 3.63) is 84.4 Å². The summed E-state index contributed by atoms with van der Waals surface area (Å²) in [7, 11) is 1.53. The van der Waals surface area contributed by atoms with Crippen LogP contribution in [-0.2, 0) is 0 Å². The molecule has 31 heavy (non-hydrogen) atoms. The van der Waals surface area contributed by atoms with Gasteiger partial charge in [0.25, 0.3) is 5.69 Å². The molecular weight excluding hydrogens is 470 g/mol. The molecule has 9 nitrogen and oxygen atoms in total. The van der Waals surface area contributed by atoms with Crippen molar-refractivity contribution in [3.8, 4) is 17.2 Å². The number of nitrogens with zero attached hydrogens (tertiary/aromatic N) is 2. The summed E-state index contributed by atoms with van der Waals surface area (Å²) in [6, 6.07) is 12.5. The first-order chi connectivity index (χ1) is 14.7. The van der Waals surface area contributed by atoms with Crippen LogP contribution in [0.25, 0.3) is 0 Å². The number of hydrogen-bond donors (Lipinski definition) is 1. The average molecular weight is 488 g/mol. The van der Waals surface area contributed by atoms with E-state index in [4.69, 9.17) is 9.47 Å². The lowest BCUT2D eigenvalue weighted by Crippen LogP contribution is -2.02. The van der Waals surface area contributed by atoms with Gasteiger partial charge in [0.15, 0.2) is 0 Å². The molecule has 0 aliphatic heterocycles. The molecule has 0 saturated carbocycles. The highest BCUT2D eigenvalue weighted by molar-refractivity contribution is 9.10. The predicted octanol–water partition coefficient (Wildman–Crippen LogP) is 6.43. The number of aryl methyl sites for hydroxylation is 1. The molecule has 0 spiro atoms. The van der Waals surface area contributed by atoms with E-state index in [1.807, 2.05) is 19.9 Å². The first-order valence-corrected chi connectivity index (χ1v) is 9.82. The number of hydrogen-bond acceptors (Lipinski definition) is 7. The molecule has 3 rings (SSSR count). The molecule has 0 aliphatic carbocycles. The van der Waals surface area contributed by atoms with Gasteiger partial charge in [-0.1, -0.05) is 6.07 Å². The third-order valence-electron chi connectivity index (χ3n) is 4.68. The van der Waals surface area contributed by atoms with Crippen LogP contribution >= 0.6 is 15.9 Å². The molecule has 10 heteroatoms. The SMILES string of the molecule is COc1ccc(Nc2cc(Oc3c(Br)ccc(C)c3C)c([N+](=O)[O-])cc2[N+](=O)[O-])cc1. The molecule has 0 radical (unpaired) electrons. The summed E-state index contributed by atoms with van der Waals surface area (Å²) >= 11 is 3.39. The highest BCUT2D eigenvalue weighted by atomic mass is 79.9. The van der Waals surface area contributed by atoms with Gasteiger partial charge in [-0.3, -0.25) is 20.2 Å². The number of nitro benzene ring substituents is 2. The number of nitro groups is 2. The summed E-state index contributed by atoms with van der Waals surface area (Å²) < 4.78 is 11.6. The van der Waals surface area contributed by atoms with Crippen molar-refractivity contribution in [2.75, 3.05) is 12.4 Å². The van der Waals surface area contributed by atoms with Gasteiger partial charge >= 0.3 is 5.69 Å². The minimum Gasteiger partial charge on any atom is -0.497 e. The van der Waals surface area contributed by atoms with Crippen LogP contribution < -0.4 is 14.8 Å². The van der Waals surface area contributed by atoms with E-state index in [0.29, 0.717) is 21.7 Å². The van der Waals surface area contributed by atoms with Crippen molar-refractivity contribution in [2.24, 2.45) is 0 Å². The molecule has 0 fully saturated rings. The van der Waals surface area contributed by atoms with Crippen LogP contribution in [0.5, 0.6) is 17.2 Å². The van der Waals surface area contributed by atoms with Crippen molar-refractivity contribution in [3.63, 3.8) is 0 Å². The van der Waals surface area contributed by atoms with E-state index in [1.54, 1.807) is 30.3 Å². The predicted molar refractivity (Wildman–Crippen MR) is 120 cm³/mol. The normalized spacial score (nSPS) is 10.5. The van der Waals surface area contributed by atoms with Gasteiger partial charge in [0.05, 0.1) is 21.4 Å². The fraction of sp³-hybridized carbons (Fsp3) is 0.143. The Bertz CT molecular complexity index is 1160. The Kier molecular flexibility index (Phi) is 6.40. The highest BCUT2D eigenvalue weighted by Gasteiger charge is 2.27. The first kappa shape index (κ1) is 22.0. The summed E-state index contributed by atoms with van der Waals surface area (Å²) in [5.74, 6) is 0.890. The molecule has 1 N–H and O–H groups in total. The standard InChI is InChI=1S/C21H18BrN3O6/c1-12-4-9-16(22)21(13(12)2)31-20-10-17(18(24(26)27)11-19(20)25(28)29)23-14-5-7-15(30-3)8-6-14/h4-11,23H,1-3H3. The second-order valence-electron chi connectivity index (χ2n) is 6.63. The Morgan fingerprint density at radius 2 is 1.58 bits per heavy atom. The van der Waals surface area contributed by atoms with Gasteiger partial charge in [-0.05, 0) is 71.2 Å². The Hall–Kier alpha value is -3.66. The van der Waals surface area contributed by atoms with E-state index < -0.39 is 21.2 Å². The molecule has 3 aromatic carbocycles. The summed E-state index contributed by atoms with van der Waals surface area (Å²) in [6.45, 7) is 3.71. The lowest BCUT2D eigenvalue weighted by molar-refractivity contribution is -0.394. The van der Waals surface area contributed by atoms with Gasteiger partial charge in [-0.2, -0.15) is 0 Å². The van der Waals surface area contributed by atoms with E-state index >= 15 is 0 Å². The number of anilines is 2. The minimum atomic E-state index is -0.710. The Balaban J connectivity index is 2.11. The zero-order chi connectivity index (χ0) is 22.7. The Labute approximate surface area is 186 Å². The number of benzene rings is 3. The molecule has 0 bridgehead atoms. The molecule has 160 valence electrons. The van der Waals surface area contributed by atoms with Gasteiger partial charge in [-0.15, -0.1) is 0 Å². The van der Waals surface area contributed by atoms with Crippen LogP contribution in [0.3, 0.4) is 0 Å². The minimum absolute atomic E-state index is 0.0530. The van der Waals surface area contributed by atoms with Gasteiger partial charge in [0.1, 0.15) is 23.3 Å². The molecule has 0 aliphatic rings. The van der Waals surface area contributed by atoms with Crippen molar-refractivity contribution in [1.29, 1.82) is 0 Å². The van der Waals surface area contributed by atoms with Crippen molar-refractivity contribution >= 4 is 38.7 Å². The molecular formula is C21H18BrN3O6. The first-order valence-electron chi connectivity index (χ1n) is 9.02. The molecule has 3 aromatic rings. The van der Waals surface area contributed by atoms with Crippen molar-refractivity contribution in [2.45, 2.75) is 13.8 Å². The summed E-state index contributed by atoms with van der Waals surface area (Å²) in [6.07, 6.45) is 0. The van der Waals surface area contributed by atoms with Crippen molar-refractivity contribution in [1.82, 2.24) is 0 Å². The fourth-order valence-corrected chi connectivity index (χ4v) is 3.37. The topological polar surface area (TPSA) is 117 Å². The van der Waals surface area contributed by atoms with E-state index in [1.165, 1.54) is 13.2 Å². The summed E-state index contributed by atoms with van der Waals surface area (Å²) in [5.41, 5.74) is 1.34. The summed E-state index contributed by atoms with van der Waals surface area (Å²) in [5, 5.41) is 26.1. The third-order valence-corrected chi connectivity index (χ3v) is 5.30. The van der Waals surface area contributed by atoms with E-state index in [0.717, 1.165) is 17.2 Å². The molecule has 0 heterocycles. The second kappa shape index (κ2) is 9.00. The number of ether oxygens (including phenoxy) is 2. The lowest BCUT2D eigenvalue weighted by atomic mass is 10.1. The maximum atomic E-state index is 11.6. The quantitative estimate of drug-likeness (QED) is 0.301. The van der Waals surface area contributed by atoms with Gasteiger partial charge in [0.2, 0.25) is 5.75 Å². The molecule has 0 amide bonds. The largest absolute Gasteiger partial charge is 0.497 e. The fourth-order valence-electron chi connectivity index (χ4n) is 2.86. The van der Waals surface area contributed by atoms with E-state index in [9.17, 15) is 20.2 Å². The number of halogens is 1. The number of nitrogens with one attached hydrogen (secondary N) is 1. The van der Waals surface area contributed by atoms with Crippen LogP contribution in [0, 0.1) is 34.1 Å². The second-order valence-corrected chi connectivity index (χ2v) is 7.48. The molecule has 0 saturated heterocycles. The zero-order valence-electron chi connectivity index (χ0n) is 16.8. The van der Waals surface area contributed by atoms with Crippen LogP contribution in [0.15, 0.2) is 53.0 Å². The zero-order valence-corrected chi connectivity index (χ0v) is 18.4. The maximum absolute atomic E-state index is 11.6. The van der Waals surface area contributed by atoms with Crippen LogP contribution in [0.2, 0.25) is 0 Å². The Morgan fingerprint density at radius 3 is 2.16 bits per heavy atom. The average Bonchev–Trinajstić information content (AvgIpc) is 2.74. The highest BCUT2D eigenvalue weighted by Crippen LogP contribution is 2.43. The number of rotatable bonds is 7. The Morgan fingerprint density at radius 1 is 0.935 bits per heavy atom. The monoisotopic (exact) mass is 487 g/mol. The van der Waals surface area contributed by atoms with Crippen LogP contribution in [-0.4, -0.2) is 17.0 Å². The summed E-state index contributed by atoms with van der Waals surface area (Å²) in [4.78, 5) is 21.8. The maximum Gasteiger partial charge on any atom is 0.318 e.